The first-order valence-corrected chi connectivity index (χ1v) is 8.99. The number of aryl methyl sites for hydroxylation is 1. The maximum Gasteiger partial charge on any atom is 0.123 e. The van der Waals surface area contributed by atoms with Crippen LogP contribution in [0.4, 0.5) is 4.39 Å². The van der Waals surface area contributed by atoms with E-state index in [2.05, 4.69) is 9.97 Å². The lowest BCUT2D eigenvalue weighted by Crippen LogP contribution is -2.24. The van der Waals surface area contributed by atoms with Gasteiger partial charge in [0.2, 0.25) is 0 Å². The molecule has 0 spiro atoms. The van der Waals surface area contributed by atoms with Crippen LogP contribution in [-0.2, 0) is 12.8 Å². The molecule has 134 valence electrons. The molecule has 0 aliphatic rings. The molecule has 0 fully saturated rings. The molecule has 2 N–H and O–H groups in total. The molecule has 0 aliphatic heterocycles. The first-order chi connectivity index (χ1) is 12.7. The zero-order valence-electron chi connectivity index (χ0n) is 14.8. The summed E-state index contributed by atoms with van der Waals surface area (Å²) in [5, 5.41) is 0. The van der Waals surface area contributed by atoms with Gasteiger partial charge in [-0.3, -0.25) is 9.97 Å². The van der Waals surface area contributed by atoms with Crippen LogP contribution in [0.1, 0.15) is 35.4 Å². The number of aromatic nitrogens is 2. The van der Waals surface area contributed by atoms with Gasteiger partial charge in [-0.2, -0.15) is 0 Å². The lowest BCUT2D eigenvalue weighted by atomic mass is 9.86. The molecule has 3 nitrogen and oxygen atoms in total. The maximum atomic E-state index is 13.2. The van der Waals surface area contributed by atoms with Gasteiger partial charge >= 0.3 is 0 Å². The van der Waals surface area contributed by atoms with Crippen molar-refractivity contribution >= 4 is 0 Å². The monoisotopic (exact) mass is 349 g/mol. The van der Waals surface area contributed by atoms with Gasteiger partial charge in [0.1, 0.15) is 5.82 Å². The number of nitrogens with zero attached hydrogens (tertiary/aromatic N) is 2. The van der Waals surface area contributed by atoms with Gasteiger partial charge in [0.05, 0.1) is 0 Å². The van der Waals surface area contributed by atoms with Crippen LogP contribution in [0.5, 0.6) is 0 Å². The Balaban J connectivity index is 1.66. The van der Waals surface area contributed by atoms with E-state index >= 15 is 0 Å². The van der Waals surface area contributed by atoms with E-state index in [9.17, 15) is 4.39 Å². The Morgan fingerprint density at radius 3 is 2.08 bits per heavy atom. The van der Waals surface area contributed by atoms with E-state index in [1.165, 1.54) is 23.3 Å². The summed E-state index contributed by atoms with van der Waals surface area (Å²) in [7, 11) is 0. The number of hydrogen-bond donors (Lipinski definition) is 1. The van der Waals surface area contributed by atoms with Crippen LogP contribution in [0.25, 0.3) is 0 Å². The Kier molecular flexibility index (Phi) is 6.45. The van der Waals surface area contributed by atoms with Crippen molar-refractivity contribution in [2.45, 2.75) is 37.6 Å². The van der Waals surface area contributed by atoms with Crippen LogP contribution in [0.2, 0.25) is 0 Å². The normalized spacial score (nSPS) is 13.3. The zero-order chi connectivity index (χ0) is 18.2. The Morgan fingerprint density at radius 1 is 0.808 bits per heavy atom. The topological polar surface area (TPSA) is 51.8 Å². The minimum atomic E-state index is -0.205. The molecule has 1 aromatic carbocycles. The molecule has 2 heterocycles. The second-order valence-electron chi connectivity index (χ2n) is 6.70. The van der Waals surface area contributed by atoms with Crippen molar-refractivity contribution in [3.8, 4) is 0 Å². The summed E-state index contributed by atoms with van der Waals surface area (Å²) in [4.78, 5) is 8.16. The highest BCUT2D eigenvalue weighted by molar-refractivity contribution is 5.23. The fraction of sp³-hybridized carbons (Fsp3) is 0.273. The van der Waals surface area contributed by atoms with Gasteiger partial charge in [-0.15, -0.1) is 0 Å². The van der Waals surface area contributed by atoms with Crippen LogP contribution >= 0.6 is 0 Å². The van der Waals surface area contributed by atoms with Gasteiger partial charge in [0.25, 0.3) is 0 Å². The van der Waals surface area contributed by atoms with E-state index < -0.39 is 0 Å². The summed E-state index contributed by atoms with van der Waals surface area (Å²) in [6.45, 7) is 0. The molecule has 0 aliphatic carbocycles. The average Bonchev–Trinajstić information content (AvgIpc) is 2.69. The first-order valence-electron chi connectivity index (χ1n) is 8.99. The van der Waals surface area contributed by atoms with E-state index in [1.54, 1.807) is 0 Å². The van der Waals surface area contributed by atoms with E-state index in [-0.39, 0.29) is 17.8 Å². The van der Waals surface area contributed by atoms with Gasteiger partial charge in [-0.1, -0.05) is 12.1 Å². The molecule has 0 radical (unpaired) electrons. The molecular formula is C22H24FN3. The van der Waals surface area contributed by atoms with Gasteiger partial charge in [-0.05, 0) is 84.7 Å². The third kappa shape index (κ3) is 5.46. The van der Waals surface area contributed by atoms with Crippen LogP contribution in [0.3, 0.4) is 0 Å². The number of rotatable bonds is 8. The molecule has 0 saturated heterocycles. The summed E-state index contributed by atoms with van der Waals surface area (Å²) in [5.41, 5.74) is 10.1. The van der Waals surface area contributed by atoms with Gasteiger partial charge < -0.3 is 5.73 Å². The summed E-state index contributed by atoms with van der Waals surface area (Å²) in [6, 6.07) is 15.0. The van der Waals surface area contributed by atoms with Crippen LogP contribution in [-0.4, -0.2) is 16.0 Å². The number of pyridine rings is 2. The van der Waals surface area contributed by atoms with E-state index in [0.717, 1.165) is 31.2 Å². The van der Waals surface area contributed by atoms with Gasteiger partial charge in [-0.25, -0.2) is 4.39 Å². The van der Waals surface area contributed by atoms with Crippen LogP contribution in [0, 0.1) is 5.82 Å². The maximum absolute atomic E-state index is 13.2. The van der Waals surface area contributed by atoms with Crippen molar-refractivity contribution in [3.05, 3.63) is 95.8 Å². The standard InChI is InChI=1S/C22H24FN3/c23-21-4-1-18(2-5-21)15-20(19-9-13-26-14-10-19)16-22(24)6-3-17-7-11-25-12-8-17/h1-2,4-5,7-14,20,22H,3,6,15-16,24H2. The Hall–Kier alpha value is -2.59. The minimum absolute atomic E-state index is 0.0989. The van der Waals surface area contributed by atoms with Crippen LogP contribution < -0.4 is 5.73 Å². The second-order valence-corrected chi connectivity index (χ2v) is 6.70. The molecule has 26 heavy (non-hydrogen) atoms. The predicted octanol–water partition coefficient (Wildman–Crippen LogP) is 4.29. The molecule has 2 aromatic heterocycles. The van der Waals surface area contributed by atoms with Crippen molar-refractivity contribution in [1.82, 2.24) is 9.97 Å². The SMILES string of the molecule is NC(CCc1ccncc1)CC(Cc1ccc(F)cc1)c1ccncc1. The molecule has 3 aromatic rings. The molecule has 4 heteroatoms. The number of nitrogens with two attached hydrogens (primary N) is 1. The lowest BCUT2D eigenvalue weighted by molar-refractivity contribution is 0.497. The largest absolute Gasteiger partial charge is 0.328 e. The van der Waals surface area contributed by atoms with Crippen molar-refractivity contribution in [2.75, 3.05) is 0 Å². The van der Waals surface area contributed by atoms with E-state index in [1.807, 2.05) is 61.2 Å². The summed E-state index contributed by atoms with van der Waals surface area (Å²) >= 11 is 0. The first kappa shape index (κ1) is 18.2. The van der Waals surface area contributed by atoms with Crippen LogP contribution in [0.15, 0.2) is 73.3 Å². The average molecular weight is 349 g/mol. The summed E-state index contributed by atoms with van der Waals surface area (Å²) in [6.07, 6.45) is 10.9. The summed E-state index contributed by atoms with van der Waals surface area (Å²) < 4.78 is 13.2. The minimum Gasteiger partial charge on any atom is -0.328 e. The molecule has 0 bridgehead atoms. The lowest BCUT2D eigenvalue weighted by Gasteiger charge is -2.22. The number of benzene rings is 1. The Bertz CT molecular complexity index is 776. The number of halogens is 1. The molecule has 0 amide bonds. The molecule has 3 rings (SSSR count). The molecule has 2 atom stereocenters. The summed E-state index contributed by atoms with van der Waals surface area (Å²) in [5.74, 6) is 0.0826. The Labute approximate surface area is 154 Å². The fourth-order valence-electron chi connectivity index (χ4n) is 3.26. The van der Waals surface area contributed by atoms with Crippen molar-refractivity contribution in [2.24, 2.45) is 5.73 Å². The quantitative estimate of drug-likeness (QED) is 0.660. The second kappa shape index (κ2) is 9.20. The third-order valence-corrected chi connectivity index (χ3v) is 4.71. The highest BCUT2D eigenvalue weighted by Crippen LogP contribution is 2.26. The van der Waals surface area contributed by atoms with E-state index in [4.69, 9.17) is 5.73 Å². The highest BCUT2D eigenvalue weighted by atomic mass is 19.1. The molecular weight excluding hydrogens is 325 g/mol. The Morgan fingerprint density at radius 2 is 1.42 bits per heavy atom. The third-order valence-electron chi connectivity index (χ3n) is 4.71. The zero-order valence-corrected chi connectivity index (χ0v) is 14.8. The molecule has 0 saturated carbocycles. The highest BCUT2D eigenvalue weighted by Gasteiger charge is 2.17. The van der Waals surface area contributed by atoms with Gasteiger partial charge in [0.15, 0.2) is 0 Å². The van der Waals surface area contributed by atoms with Crippen molar-refractivity contribution in [1.29, 1.82) is 0 Å². The van der Waals surface area contributed by atoms with Crippen molar-refractivity contribution in [3.63, 3.8) is 0 Å². The predicted molar refractivity (Wildman–Crippen MR) is 102 cm³/mol. The fourth-order valence-corrected chi connectivity index (χ4v) is 3.26. The smallest absolute Gasteiger partial charge is 0.123 e. The van der Waals surface area contributed by atoms with Crippen molar-refractivity contribution < 1.29 is 4.39 Å². The number of hydrogen-bond acceptors (Lipinski definition) is 3. The molecule has 2 unspecified atom stereocenters. The van der Waals surface area contributed by atoms with E-state index in [0.29, 0.717) is 0 Å². The van der Waals surface area contributed by atoms with Gasteiger partial charge in [0, 0.05) is 30.8 Å².